The van der Waals surface area contributed by atoms with Crippen LogP contribution >= 0.6 is 0 Å². The van der Waals surface area contributed by atoms with Gasteiger partial charge in [-0.25, -0.2) is 10.1 Å². The highest BCUT2D eigenvalue weighted by atomic mass is 16.5. The third kappa shape index (κ3) is 5.73. The molecule has 0 bridgehead atoms. The van der Waals surface area contributed by atoms with Crippen molar-refractivity contribution in [1.29, 1.82) is 0 Å². The van der Waals surface area contributed by atoms with Crippen molar-refractivity contribution in [2.75, 3.05) is 14.2 Å². The van der Waals surface area contributed by atoms with Crippen LogP contribution in [-0.4, -0.2) is 41.6 Å². The molecule has 0 aliphatic heterocycles. The lowest BCUT2D eigenvalue weighted by Crippen LogP contribution is -2.28. The van der Waals surface area contributed by atoms with Crippen molar-refractivity contribution in [2.24, 2.45) is 5.10 Å². The normalized spacial score (nSPS) is 11.3. The van der Waals surface area contributed by atoms with Crippen molar-refractivity contribution >= 4 is 17.6 Å². The van der Waals surface area contributed by atoms with E-state index in [1.54, 1.807) is 38.3 Å². The highest BCUT2D eigenvalue weighted by Crippen LogP contribution is 2.24. The Morgan fingerprint density at radius 3 is 2.03 bits per heavy atom. The second kappa shape index (κ2) is 11.9. The zero-order valence-corrected chi connectivity index (χ0v) is 21.3. The number of esters is 1. The highest BCUT2D eigenvalue weighted by molar-refractivity contribution is 6.01. The Morgan fingerprint density at radius 2 is 1.50 bits per heavy atom. The number of carbonyl (C=O) groups excluding carboxylic acids is 2. The lowest BCUT2D eigenvalue weighted by atomic mass is 9.91. The number of nitrogens with one attached hydrogen (secondary N) is 2. The van der Waals surface area contributed by atoms with Crippen molar-refractivity contribution in [3.63, 3.8) is 0 Å². The minimum absolute atomic E-state index is 0.169. The van der Waals surface area contributed by atoms with E-state index in [-0.39, 0.29) is 23.6 Å². The van der Waals surface area contributed by atoms with E-state index < -0.39 is 17.4 Å². The summed E-state index contributed by atoms with van der Waals surface area (Å²) in [5.74, 6) is -0.859. The molecule has 0 unspecified atom stereocenters. The number of hydrogen-bond acceptors (Lipinski definition) is 6. The van der Waals surface area contributed by atoms with Gasteiger partial charge in [-0.2, -0.15) is 5.10 Å². The summed E-state index contributed by atoms with van der Waals surface area (Å²) in [6.07, 6.45) is -0.179. The van der Waals surface area contributed by atoms with E-state index in [1.165, 1.54) is 11.8 Å². The Kier molecular flexibility index (Phi) is 8.17. The van der Waals surface area contributed by atoms with Gasteiger partial charge in [-0.05, 0) is 42.3 Å². The average molecular weight is 513 g/mol. The molecule has 3 aromatic carbocycles. The zero-order valence-electron chi connectivity index (χ0n) is 21.3. The monoisotopic (exact) mass is 512 g/mol. The lowest BCUT2D eigenvalue weighted by Gasteiger charge is -2.16. The Morgan fingerprint density at radius 1 is 0.921 bits per heavy atom. The number of amides is 1. The molecule has 9 nitrogen and oxygen atoms in total. The number of hydrazone groups is 1. The minimum atomic E-state index is -0.606. The number of aromatic nitrogens is 2. The smallest absolute Gasteiger partial charge is 0.311 e. The summed E-state index contributed by atoms with van der Waals surface area (Å²) in [5.41, 5.74) is 5.07. The number of nitrogens with zero attached hydrogens (tertiary/aromatic N) is 2. The van der Waals surface area contributed by atoms with Gasteiger partial charge in [-0.15, -0.1) is 0 Å². The molecule has 0 radical (unpaired) electrons. The average Bonchev–Trinajstić information content (AvgIpc) is 3.28. The molecule has 194 valence electrons. The Balaban J connectivity index is 1.69. The first-order valence-electron chi connectivity index (χ1n) is 11.9. The van der Waals surface area contributed by atoms with Crippen molar-refractivity contribution in [3.8, 4) is 11.4 Å². The summed E-state index contributed by atoms with van der Waals surface area (Å²) in [5, 5.41) is 7.25. The second-order valence-electron chi connectivity index (χ2n) is 8.48. The van der Waals surface area contributed by atoms with Crippen LogP contribution < -0.4 is 15.7 Å². The molecular weight excluding hydrogens is 484 g/mol. The summed E-state index contributed by atoms with van der Waals surface area (Å²) in [6, 6.07) is 25.6. The number of ether oxygens (including phenoxy) is 2. The molecule has 9 heteroatoms. The van der Waals surface area contributed by atoms with Gasteiger partial charge in [0, 0.05) is 0 Å². The molecule has 0 saturated heterocycles. The quantitative estimate of drug-likeness (QED) is 0.202. The van der Waals surface area contributed by atoms with E-state index in [1.807, 2.05) is 60.7 Å². The number of hydrogen-bond donors (Lipinski definition) is 2. The molecule has 4 aromatic rings. The molecule has 1 amide bonds. The third-order valence-corrected chi connectivity index (χ3v) is 6.07. The molecule has 0 aliphatic rings. The predicted molar refractivity (Wildman–Crippen MR) is 144 cm³/mol. The van der Waals surface area contributed by atoms with Crippen LogP contribution in [0, 0.1) is 0 Å². The maximum absolute atomic E-state index is 13.4. The van der Waals surface area contributed by atoms with Crippen LogP contribution in [0.4, 0.5) is 0 Å². The second-order valence-corrected chi connectivity index (χ2v) is 8.48. The van der Waals surface area contributed by atoms with Crippen LogP contribution in [0.1, 0.15) is 35.2 Å². The summed E-state index contributed by atoms with van der Waals surface area (Å²) < 4.78 is 11.3. The van der Waals surface area contributed by atoms with Crippen LogP contribution in [-0.2, 0) is 20.7 Å². The molecule has 0 atom stereocenters. The number of aromatic amines is 1. The first-order valence-corrected chi connectivity index (χ1v) is 11.9. The predicted octanol–water partition coefficient (Wildman–Crippen LogP) is 3.56. The highest BCUT2D eigenvalue weighted by Gasteiger charge is 2.24. The van der Waals surface area contributed by atoms with Crippen LogP contribution in [0.15, 0.2) is 94.8 Å². The van der Waals surface area contributed by atoms with Gasteiger partial charge in [0.1, 0.15) is 5.75 Å². The first-order chi connectivity index (χ1) is 18.4. The van der Waals surface area contributed by atoms with Gasteiger partial charge < -0.3 is 9.47 Å². The zero-order chi connectivity index (χ0) is 27.1. The van der Waals surface area contributed by atoms with E-state index in [0.29, 0.717) is 17.1 Å². The first kappa shape index (κ1) is 26.2. The van der Waals surface area contributed by atoms with E-state index in [0.717, 1.165) is 11.1 Å². The summed E-state index contributed by atoms with van der Waals surface area (Å²) in [4.78, 5) is 38.9. The topological polar surface area (TPSA) is 115 Å². The fraction of sp³-hybridized carbons (Fsp3) is 0.172. The van der Waals surface area contributed by atoms with Crippen molar-refractivity contribution in [1.82, 2.24) is 15.2 Å². The molecule has 0 fully saturated rings. The van der Waals surface area contributed by atoms with Gasteiger partial charge in [0.2, 0.25) is 0 Å². The van der Waals surface area contributed by atoms with Gasteiger partial charge >= 0.3 is 5.97 Å². The molecule has 1 heterocycles. The van der Waals surface area contributed by atoms with E-state index >= 15 is 0 Å². The number of benzene rings is 3. The number of rotatable bonds is 9. The molecule has 1 aromatic heterocycles. The molecule has 0 saturated carbocycles. The van der Waals surface area contributed by atoms with E-state index in [4.69, 9.17) is 9.47 Å². The molecule has 0 aliphatic carbocycles. The van der Waals surface area contributed by atoms with Crippen LogP contribution in [0.5, 0.6) is 5.75 Å². The SMILES string of the molecule is COC(=O)Cc1[nH]n(-c2ccc(OC)cc2)c(=O)c1C(C)=NNC(=O)C(c1ccccc1)c1ccccc1. The van der Waals surface area contributed by atoms with Gasteiger partial charge in [0.15, 0.2) is 0 Å². The van der Waals surface area contributed by atoms with Gasteiger partial charge in [-0.1, -0.05) is 60.7 Å². The molecule has 0 spiro atoms. The van der Waals surface area contributed by atoms with Crippen LogP contribution in [0.2, 0.25) is 0 Å². The summed E-state index contributed by atoms with van der Waals surface area (Å²) >= 11 is 0. The van der Waals surface area contributed by atoms with Crippen LogP contribution in [0.3, 0.4) is 0 Å². The maximum atomic E-state index is 13.4. The van der Waals surface area contributed by atoms with E-state index in [2.05, 4.69) is 15.6 Å². The fourth-order valence-corrected chi connectivity index (χ4v) is 4.16. The van der Waals surface area contributed by atoms with Gasteiger partial charge in [-0.3, -0.25) is 19.5 Å². The largest absolute Gasteiger partial charge is 0.497 e. The van der Waals surface area contributed by atoms with Crippen molar-refractivity contribution < 1.29 is 19.1 Å². The van der Waals surface area contributed by atoms with Crippen molar-refractivity contribution in [2.45, 2.75) is 19.3 Å². The summed E-state index contributed by atoms with van der Waals surface area (Å²) in [6.45, 7) is 1.60. The molecular formula is C29H28N4O5. The van der Waals surface area contributed by atoms with Crippen LogP contribution in [0.25, 0.3) is 5.69 Å². The maximum Gasteiger partial charge on any atom is 0.311 e. The summed E-state index contributed by atoms with van der Waals surface area (Å²) in [7, 11) is 2.83. The van der Waals surface area contributed by atoms with Gasteiger partial charge in [0.25, 0.3) is 11.5 Å². The third-order valence-electron chi connectivity index (χ3n) is 6.07. The molecule has 4 rings (SSSR count). The fourth-order valence-electron chi connectivity index (χ4n) is 4.16. The minimum Gasteiger partial charge on any atom is -0.497 e. The van der Waals surface area contributed by atoms with Gasteiger partial charge in [0.05, 0.1) is 49.2 Å². The Bertz CT molecular complexity index is 1450. The lowest BCUT2D eigenvalue weighted by molar-refractivity contribution is -0.139. The standard InChI is InChI=1S/C29H28N4O5/c1-19(30-31-28(35)27(20-10-6-4-7-11-20)21-12-8-5-9-13-21)26-24(18-25(34)38-3)32-33(29(26)36)22-14-16-23(37-2)17-15-22/h4-17,27,32H,18H2,1-3H3,(H,31,35). The Hall–Kier alpha value is -4.92. The number of methoxy groups -OCH3 is 2. The Labute approximate surface area is 219 Å². The molecule has 38 heavy (non-hydrogen) atoms. The van der Waals surface area contributed by atoms with E-state index in [9.17, 15) is 14.4 Å². The number of H-pyrrole nitrogens is 1. The molecule has 2 N–H and O–H groups in total. The number of carbonyl (C=O) groups is 2. The van der Waals surface area contributed by atoms with Crippen molar-refractivity contribution in [3.05, 3.63) is 118 Å².